The summed E-state index contributed by atoms with van der Waals surface area (Å²) in [6.45, 7) is 18.2. The van der Waals surface area contributed by atoms with Crippen molar-refractivity contribution in [2.45, 2.75) is 90.7 Å². The zero-order valence-electron chi connectivity index (χ0n) is 31.3. The van der Waals surface area contributed by atoms with Crippen LogP contribution in [-0.4, -0.2) is 76.7 Å². The number of carbonyl (C=O) groups excluding carboxylic acids is 5. The molecule has 2 N–H and O–H groups in total. The molecule has 284 valence electrons. The van der Waals surface area contributed by atoms with Crippen LogP contribution in [0, 0.1) is 23.2 Å². The second-order valence-electron chi connectivity index (χ2n) is 16.6. The van der Waals surface area contributed by atoms with E-state index in [1.807, 2.05) is 64.1 Å². The van der Waals surface area contributed by atoms with Gasteiger partial charge < -0.3 is 15.0 Å². The molecule has 3 aromatic carbocycles. The Morgan fingerprint density at radius 1 is 0.891 bits per heavy atom. The normalized spacial score (nSPS) is 24.5. The predicted molar refractivity (Wildman–Crippen MR) is 200 cm³/mol. The number of ether oxygens (including phenoxy) is 1. The van der Waals surface area contributed by atoms with Gasteiger partial charge in [-0.15, -0.1) is 0 Å². The molecule has 3 aromatic rings. The lowest BCUT2D eigenvalue weighted by atomic mass is 9.49. The van der Waals surface area contributed by atoms with Gasteiger partial charge in [0.25, 0.3) is 17.7 Å². The highest BCUT2D eigenvalue weighted by Gasteiger charge is 2.64. The van der Waals surface area contributed by atoms with Crippen LogP contribution in [0.3, 0.4) is 0 Å². The summed E-state index contributed by atoms with van der Waals surface area (Å²) in [5.41, 5.74) is 3.33. The molecule has 12 nitrogen and oxygen atoms in total. The van der Waals surface area contributed by atoms with E-state index < -0.39 is 46.3 Å². The van der Waals surface area contributed by atoms with Crippen molar-refractivity contribution in [2.24, 2.45) is 10.8 Å². The topological polar surface area (TPSA) is 133 Å². The zero-order chi connectivity index (χ0) is 39.0. The summed E-state index contributed by atoms with van der Waals surface area (Å²) in [7, 11) is 0. The van der Waals surface area contributed by atoms with Gasteiger partial charge in [-0.1, -0.05) is 27.7 Å². The number of anilines is 1. The number of hydrogen-bond acceptors (Lipinski definition) is 8. The second-order valence-corrected chi connectivity index (χ2v) is 16.6. The summed E-state index contributed by atoms with van der Waals surface area (Å²) in [6, 6.07) is 14.7. The van der Waals surface area contributed by atoms with E-state index in [1.165, 1.54) is 12.1 Å². The van der Waals surface area contributed by atoms with E-state index >= 15 is 0 Å². The molecule has 0 bridgehead atoms. The minimum atomic E-state index is -0.978. The van der Waals surface area contributed by atoms with Crippen molar-refractivity contribution in [1.82, 2.24) is 20.4 Å². The van der Waals surface area contributed by atoms with Gasteiger partial charge in [0.2, 0.25) is 17.5 Å². The summed E-state index contributed by atoms with van der Waals surface area (Å²) in [4.78, 5) is 73.1. The molecule has 0 spiro atoms. The lowest BCUT2D eigenvalue weighted by molar-refractivity contribution is -0.164. The van der Waals surface area contributed by atoms with Crippen molar-refractivity contribution >= 4 is 40.9 Å². The SMILES string of the molecule is [C-]#[N+]c1ccc(OC2C(C)(C)C(NC(=O)c3ccc(N4CCC(N5Cc6cc7c(cc6C5)C(=O)N(C5CCC(=O)NC5=O)C7=O)CC4)cc3)C2(C)C)cc1F. The quantitative estimate of drug-likeness (QED) is 0.244. The Morgan fingerprint density at radius 3 is 2.07 bits per heavy atom. The summed E-state index contributed by atoms with van der Waals surface area (Å²) >= 11 is 0. The lowest BCUT2D eigenvalue weighted by Gasteiger charge is -2.63. The number of nitrogens with zero attached hydrogens (tertiary/aromatic N) is 4. The second kappa shape index (κ2) is 13.3. The molecule has 1 aliphatic carbocycles. The van der Waals surface area contributed by atoms with Crippen molar-refractivity contribution in [3.05, 3.63) is 99.6 Å². The molecule has 1 unspecified atom stereocenters. The molecule has 55 heavy (non-hydrogen) atoms. The standard InChI is InChI=1S/C42H43FN6O6/c1-41(2)39(42(3,4)40(41)55-28-10-11-32(44-5)31(43)20-28)46-35(51)23-6-8-26(9-7-23)47-16-14-27(15-17-47)48-21-24-18-29-30(19-25(24)22-48)38(54)49(37(29)53)33-12-13-34(50)45-36(33)52/h6-11,18-20,27,33,39-40H,12-17,21-22H2,1-4H3,(H,46,51)(H,45,50,52). The third-order valence-electron chi connectivity index (χ3n) is 12.4. The highest BCUT2D eigenvalue weighted by atomic mass is 19.1. The number of piperidine rings is 2. The van der Waals surface area contributed by atoms with Gasteiger partial charge in [0.05, 0.1) is 17.7 Å². The molecule has 2 saturated heterocycles. The van der Waals surface area contributed by atoms with Crippen LogP contribution in [0.1, 0.15) is 95.6 Å². The Morgan fingerprint density at radius 2 is 1.51 bits per heavy atom. The van der Waals surface area contributed by atoms with E-state index in [0.29, 0.717) is 41.6 Å². The van der Waals surface area contributed by atoms with Gasteiger partial charge in [-0.25, -0.2) is 9.24 Å². The van der Waals surface area contributed by atoms with Crippen LogP contribution in [0.5, 0.6) is 5.75 Å². The highest BCUT2D eigenvalue weighted by molar-refractivity contribution is 6.23. The van der Waals surface area contributed by atoms with E-state index in [1.54, 1.807) is 6.07 Å². The van der Waals surface area contributed by atoms with Gasteiger partial charge in [-0.05, 0) is 78.9 Å². The van der Waals surface area contributed by atoms with Crippen LogP contribution >= 0.6 is 0 Å². The molecule has 1 saturated carbocycles. The average molecular weight is 747 g/mol. The lowest BCUT2D eigenvalue weighted by Crippen LogP contribution is -2.74. The molecule has 13 heteroatoms. The van der Waals surface area contributed by atoms with Gasteiger partial charge in [-0.2, -0.15) is 0 Å². The molecule has 5 amide bonds. The zero-order valence-corrected chi connectivity index (χ0v) is 31.3. The first kappa shape index (κ1) is 36.4. The molecule has 5 aliphatic rings. The number of fused-ring (bicyclic) bond motifs is 2. The number of rotatable bonds is 7. The molecule has 0 aromatic heterocycles. The Balaban J connectivity index is 0.846. The summed E-state index contributed by atoms with van der Waals surface area (Å²) in [5.74, 6) is -2.42. The van der Waals surface area contributed by atoms with Gasteiger partial charge >= 0.3 is 0 Å². The molecular weight excluding hydrogens is 703 g/mol. The largest absolute Gasteiger partial charge is 0.489 e. The maximum atomic E-state index is 14.3. The van der Waals surface area contributed by atoms with E-state index in [4.69, 9.17) is 11.3 Å². The van der Waals surface area contributed by atoms with E-state index in [2.05, 4.69) is 25.3 Å². The fraction of sp³-hybridized carbons (Fsp3) is 0.429. The summed E-state index contributed by atoms with van der Waals surface area (Å²) in [5, 5.41) is 5.46. The Bertz CT molecular complexity index is 2130. The van der Waals surface area contributed by atoms with Crippen LogP contribution in [0.2, 0.25) is 0 Å². The highest BCUT2D eigenvalue weighted by Crippen LogP contribution is 2.55. The van der Waals surface area contributed by atoms with E-state index in [9.17, 15) is 28.4 Å². The number of halogens is 1. The summed E-state index contributed by atoms with van der Waals surface area (Å²) < 4.78 is 20.5. The minimum Gasteiger partial charge on any atom is -0.489 e. The van der Waals surface area contributed by atoms with Gasteiger partial charge in [0, 0.05) is 72.8 Å². The fourth-order valence-electron chi connectivity index (χ4n) is 9.77. The molecule has 4 aliphatic heterocycles. The van der Waals surface area contributed by atoms with E-state index in [-0.39, 0.29) is 36.6 Å². The van der Waals surface area contributed by atoms with Gasteiger partial charge in [0.15, 0.2) is 0 Å². The molecule has 8 rings (SSSR count). The number of amides is 5. The maximum absolute atomic E-state index is 14.3. The number of carbonyl (C=O) groups is 5. The van der Waals surface area contributed by atoms with Crippen LogP contribution in [0.25, 0.3) is 4.85 Å². The number of nitrogens with one attached hydrogen (secondary N) is 2. The fourth-order valence-corrected chi connectivity index (χ4v) is 9.77. The Kier molecular flexibility index (Phi) is 8.80. The first-order chi connectivity index (χ1) is 26.2. The average Bonchev–Trinajstić information content (AvgIpc) is 3.69. The minimum absolute atomic E-state index is 0.0537. The number of benzene rings is 3. The summed E-state index contributed by atoms with van der Waals surface area (Å²) in [6.07, 6.45) is 1.79. The monoisotopic (exact) mass is 746 g/mol. The number of hydrogen-bond donors (Lipinski definition) is 2. The van der Waals surface area contributed by atoms with Crippen LogP contribution in [0.15, 0.2) is 54.6 Å². The van der Waals surface area contributed by atoms with Gasteiger partial charge in [0.1, 0.15) is 23.7 Å². The van der Waals surface area contributed by atoms with Gasteiger partial charge in [-0.3, -0.25) is 39.1 Å². The van der Waals surface area contributed by atoms with Crippen LogP contribution in [-0.2, 0) is 22.7 Å². The molecular formula is C42H43FN6O6. The smallest absolute Gasteiger partial charge is 0.262 e. The molecule has 1 atom stereocenters. The predicted octanol–water partition coefficient (Wildman–Crippen LogP) is 5.37. The van der Waals surface area contributed by atoms with Crippen LogP contribution in [0.4, 0.5) is 15.8 Å². The third-order valence-corrected chi connectivity index (χ3v) is 12.4. The van der Waals surface area contributed by atoms with Crippen molar-refractivity contribution in [3.63, 3.8) is 0 Å². The Hall–Kier alpha value is -5.61. The molecule has 3 fully saturated rings. The molecule has 0 radical (unpaired) electrons. The first-order valence-electron chi connectivity index (χ1n) is 18.8. The first-order valence-corrected chi connectivity index (χ1v) is 18.8. The Labute approximate surface area is 318 Å². The van der Waals surface area contributed by atoms with Crippen LogP contribution < -0.4 is 20.3 Å². The van der Waals surface area contributed by atoms with Crippen molar-refractivity contribution in [3.8, 4) is 5.75 Å². The third kappa shape index (κ3) is 6.13. The van der Waals surface area contributed by atoms with Crippen molar-refractivity contribution in [1.29, 1.82) is 0 Å². The van der Waals surface area contributed by atoms with Crippen molar-refractivity contribution in [2.75, 3.05) is 18.0 Å². The van der Waals surface area contributed by atoms with Crippen molar-refractivity contribution < 1.29 is 33.1 Å². The number of imide groups is 2. The maximum Gasteiger partial charge on any atom is 0.262 e. The van der Waals surface area contributed by atoms with E-state index in [0.717, 1.165) is 47.6 Å². The molecule has 4 heterocycles.